The SMILES string of the molecule is CCCCCCCCC(=O)OC(COC(=O)CCCCCC)COC1OC(COC2OC(CO)C(O)C(O)C2O)C(O)C(O)C1O. The number of aliphatic hydroxyl groups is 7. The number of hydrogen-bond donors (Lipinski definition) is 7. The molecule has 270 valence electrons. The molecule has 2 aliphatic rings. The molecule has 0 bridgehead atoms. The zero-order valence-corrected chi connectivity index (χ0v) is 27.1. The first-order chi connectivity index (χ1) is 22.0. The molecule has 0 aliphatic carbocycles. The third-order valence-electron chi connectivity index (χ3n) is 8.09. The van der Waals surface area contributed by atoms with Crippen molar-refractivity contribution < 1.29 is 73.8 Å². The molecule has 2 rings (SSSR count). The highest BCUT2D eigenvalue weighted by atomic mass is 16.7. The molecule has 7 N–H and O–H groups in total. The van der Waals surface area contributed by atoms with E-state index in [-0.39, 0.29) is 26.1 Å². The monoisotopic (exact) mass is 668 g/mol. The van der Waals surface area contributed by atoms with E-state index in [1.54, 1.807) is 0 Å². The molecule has 2 fully saturated rings. The fraction of sp³-hybridized carbons (Fsp3) is 0.935. The van der Waals surface area contributed by atoms with Crippen molar-refractivity contribution in [1.29, 1.82) is 0 Å². The van der Waals surface area contributed by atoms with Gasteiger partial charge in [0.1, 0.15) is 55.4 Å². The maximum absolute atomic E-state index is 12.6. The zero-order chi connectivity index (χ0) is 34.1. The van der Waals surface area contributed by atoms with Crippen LogP contribution < -0.4 is 0 Å². The van der Waals surface area contributed by atoms with E-state index in [0.29, 0.717) is 12.8 Å². The normalized spacial score (nSPS) is 32.2. The lowest BCUT2D eigenvalue weighted by atomic mass is 9.98. The first kappa shape index (κ1) is 40.7. The molecule has 0 radical (unpaired) electrons. The Kier molecular flexibility index (Phi) is 19.6. The summed E-state index contributed by atoms with van der Waals surface area (Å²) in [6.07, 6.45) is -6.99. The Labute approximate surface area is 270 Å². The van der Waals surface area contributed by atoms with Gasteiger partial charge in [0.05, 0.1) is 19.8 Å². The van der Waals surface area contributed by atoms with Crippen molar-refractivity contribution in [2.24, 2.45) is 0 Å². The minimum Gasteiger partial charge on any atom is -0.462 e. The molecule has 2 saturated heterocycles. The Morgan fingerprint density at radius 1 is 0.609 bits per heavy atom. The second kappa shape index (κ2) is 22.2. The van der Waals surface area contributed by atoms with Crippen LogP contribution in [0.2, 0.25) is 0 Å². The van der Waals surface area contributed by atoms with E-state index in [1.165, 1.54) is 0 Å². The van der Waals surface area contributed by atoms with E-state index in [0.717, 1.165) is 51.4 Å². The van der Waals surface area contributed by atoms with E-state index in [4.69, 9.17) is 28.4 Å². The number of hydrogen-bond acceptors (Lipinski definition) is 15. The predicted octanol–water partition coefficient (Wildman–Crippen LogP) is -0.197. The standard InChI is InChI=1S/C31H56O15/c1-3-5-7-9-10-12-14-23(34)44-19(16-41-22(33)13-11-8-6-4-2)17-42-30-29(40)27(38)25(36)21(46-30)18-43-31-28(39)26(37)24(35)20(15-32)45-31/h19-21,24-32,35-40H,3-18H2,1-2H3. The van der Waals surface area contributed by atoms with Gasteiger partial charge in [-0.1, -0.05) is 65.2 Å². The summed E-state index contributed by atoms with van der Waals surface area (Å²) >= 11 is 0. The molecule has 2 heterocycles. The number of aliphatic hydroxyl groups excluding tert-OH is 7. The summed E-state index contributed by atoms with van der Waals surface area (Å²) in [6.45, 7) is 2.30. The van der Waals surface area contributed by atoms with Crippen molar-refractivity contribution in [3.05, 3.63) is 0 Å². The Morgan fingerprint density at radius 3 is 1.72 bits per heavy atom. The largest absolute Gasteiger partial charge is 0.462 e. The summed E-state index contributed by atoms with van der Waals surface area (Å²) < 4.78 is 32.8. The smallest absolute Gasteiger partial charge is 0.306 e. The van der Waals surface area contributed by atoms with Gasteiger partial charge in [-0.05, 0) is 12.8 Å². The molecule has 0 aromatic carbocycles. The zero-order valence-electron chi connectivity index (χ0n) is 27.1. The van der Waals surface area contributed by atoms with E-state index in [1.807, 2.05) is 0 Å². The molecule has 0 amide bonds. The second-order valence-electron chi connectivity index (χ2n) is 12.0. The van der Waals surface area contributed by atoms with Crippen molar-refractivity contribution in [1.82, 2.24) is 0 Å². The Bertz CT molecular complexity index is 845. The molecule has 2 aliphatic heterocycles. The summed E-state index contributed by atoms with van der Waals surface area (Å²) in [5.74, 6) is -0.958. The van der Waals surface area contributed by atoms with Crippen molar-refractivity contribution in [2.45, 2.75) is 158 Å². The number of esters is 2. The van der Waals surface area contributed by atoms with Gasteiger partial charge in [-0.15, -0.1) is 0 Å². The fourth-order valence-electron chi connectivity index (χ4n) is 5.15. The first-order valence-electron chi connectivity index (χ1n) is 16.6. The number of carbonyl (C=O) groups is 2. The van der Waals surface area contributed by atoms with Gasteiger partial charge in [-0.3, -0.25) is 9.59 Å². The van der Waals surface area contributed by atoms with Crippen LogP contribution >= 0.6 is 0 Å². The summed E-state index contributed by atoms with van der Waals surface area (Å²) in [5.41, 5.74) is 0. The quantitative estimate of drug-likeness (QED) is 0.0585. The van der Waals surface area contributed by atoms with Crippen LogP contribution in [-0.4, -0.2) is 142 Å². The van der Waals surface area contributed by atoms with Crippen LogP contribution in [0.15, 0.2) is 0 Å². The summed E-state index contributed by atoms with van der Waals surface area (Å²) in [5, 5.41) is 71.0. The third-order valence-corrected chi connectivity index (χ3v) is 8.09. The minimum atomic E-state index is -1.75. The number of ether oxygens (including phenoxy) is 6. The average Bonchev–Trinajstić information content (AvgIpc) is 3.04. The van der Waals surface area contributed by atoms with Gasteiger partial charge in [-0.25, -0.2) is 0 Å². The van der Waals surface area contributed by atoms with Crippen LogP contribution in [-0.2, 0) is 38.0 Å². The third kappa shape index (κ3) is 13.5. The summed E-state index contributed by atoms with van der Waals surface area (Å²) in [4.78, 5) is 24.8. The van der Waals surface area contributed by atoms with E-state index in [2.05, 4.69) is 13.8 Å². The van der Waals surface area contributed by atoms with E-state index >= 15 is 0 Å². The molecule has 11 unspecified atom stereocenters. The average molecular weight is 669 g/mol. The Morgan fingerprint density at radius 2 is 1.11 bits per heavy atom. The second-order valence-corrected chi connectivity index (χ2v) is 12.0. The number of unbranched alkanes of at least 4 members (excludes halogenated alkanes) is 8. The van der Waals surface area contributed by atoms with Crippen LogP contribution in [0.5, 0.6) is 0 Å². The summed E-state index contributed by atoms with van der Waals surface area (Å²) in [7, 11) is 0. The van der Waals surface area contributed by atoms with Crippen LogP contribution in [0.25, 0.3) is 0 Å². The van der Waals surface area contributed by atoms with Gasteiger partial charge >= 0.3 is 11.9 Å². The maximum Gasteiger partial charge on any atom is 0.306 e. The molecule has 0 aromatic rings. The molecular formula is C31H56O15. The van der Waals surface area contributed by atoms with Gasteiger partial charge in [-0.2, -0.15) is 0 Å². The lowest BCUT2D eigenvalue weighted by Gasteiger charge is -2.42. The van der Waals surface area contributed by atoms with Crippen molar-refractivity contribution >= 4 is 11.9 Å². The van der Waals surface area contributed by atoms with Crippen molar-refractivity contribution in [3.8, 4) is 0 Å². The highest BCUT2D eigenvalue weighted by molar-refractivity contribution is 5.70. The Hall–Kier alpha value is -1.50. The number of rotatable bonds is 22. The molecule has 15 heteroatoms. The van der Waals surface area contributed by atoms with Crippen LogP contribution in [0.4, 0.5) is 0 Å². The van der Waals surface area contributed by atoms with Crippen molar-refractivity contribution in [3.63, 3.8) is 0 Å². The fourth-order valence-corrected chi connectivity index (χ4v) is 5.15. The van der Waals surface area contributed by atoms with Gasteiger partial charge in [0.2, 0.25) is 0 Å². The Balaban J connectivity index is 1.97. The van der Waals surface area contributed by atoms with Crippen molar-refractivity contribution in [2.75, 3.05) is 26.4 Å². The van der Waals surface area contributed by atoms with Crippen LogP contribution in [0.3, 0.4) is 0 Å². The predicted molar refractivity (Wildman–Crippen MR) is 160 cm³/mol. The van der Waals surface area contributed by atoms with Gasteiger partial charge in [0.25, 0.3) is 0 Å². The van der Waals surface area contributed by atoms with Gasteiger partial charge < -0.3 is 64.2 Å². The highest BCUT2D eigenvalue weighted by Gasteiger charge is 2.47. The van der Waals surface area contributed by atoms with E-state index in [9.17, 15) is 45.3 Å². The highest BCUT2D eigenvalue weighted by Crippen LogP contribution is 2.26. The molecular weight excluding hydrogens is 612 g/mol. The topological polar surface area (TPSA) is 231 Å². The summed E-state index contributed by atoms with van der Waals surface area (Å²) in [6, 6.07) is 0. The number of carbonyl (C=O) groups excluding carboxylic acids is 2. The van der Waals surface area contributed by atoms with Crippen LogP contribution in [0.1, 0.15) is 90.9 Å². The minimum absolute atomic E-state index is 0.165. The first-order valence-corrected chi connectivity index (χ1v) is 16.6. The lowest BCUT2D eigenvalue weighted by Crippen LogP contribution is -2.61. The van der Waals surface area contributed by atoms with Gasteiger partial charge in [0, 0.05) is 12.8 Å². The van der Waals surface area contributed by atoms with Gasteiger partial charge in [0.15, 0.2) is 18.7 Å². The molecule has 0 saturated carbocycles. The molecule has 15 nitrogen and oxygen atoms in total. The lowest BCUT2D eigenvalue weighted by molar-refractivity contribution is -0.332. The maximum atomic E-state index is 12.6. The van der Waals surface area contributed by atoms with Crippen LogP contribution in [0, 0.1) is 0 Å². The molecule has 0 aromatic heterocycles. The molecule has 46 heavy (non-hydrogen) atoms. The molecule has 0 spiro atoms. The molecule has 11 atom stereocenters. The van der Waals surface area contributed by atoms with E-state index < -0.39 is 92.7 Å².